The highest BCUT2D eigenvalue weighted by atomic mass is 32.1. The lowest BCUT2D eigenvalue weighted by Gasteiger charge is -2.52. The summed E-state index contributed by atoms with van der Waals surface area (Å²) in [5.74, 6) is 0. The van der Waals surface area contributed by atoms with Gasteiger partial charge in [-0.3, -0.25) is 0 Å². The van der Waals surface area contributed by atoms with Crippen LogP contribution in [0, 0.1) is 0 Å². The number of anilines is 1. The molecule has 2 nitrogen and oxygen atoms in total. The van der Waals surface area contributed by atoms with E-state index < -0.39 is 0 Å². The summed E-state index contributed by atoms with van der Waals surface area (Å²) in [5.41, 5.74) is 1.61. The molecule has 2 atom stereocenters. The second kappa shape index (κ2) is 4.99. The summed E-state index contributed by atoms with van der Waals surface area (Å²) in [5, 5.41) is 7.47. The number of piperazine rings is 1. The summed E-state index contributed by atoms with van der Waals surface area (Å²) in [4.78, 5) is 2.68. The van der Waals surface area contributed by atoms with Crippen molar-refractivity contribution in [3.05, 3.63) is 29.6 Å². The predicted molar refractivity (Wildman–Crippen MR) is 92.4 cm³/mol. The van der Waals surface area contributed by atoms with Crippen LogP contribution in [0.15, 0.2) is 29.6 Å². The third kappa shape index (κ3) is 2.47. The van der Waals surface area contributed by atoms with Gasteiger partial charge in [0, 0.05) is 34.6 Å². The summed E-state index contributed by atoms with van der Waals surface area (Å²) < 4.78 is 1.40. The molecule has 1 aliphatic heterocycles. The molecule has 0 amide bonds. The van der Waals surface area contributed by atoms with Crippen molar-refractivity contribution in [2.75, 3.05) is 11.4 Å². The number of nitrogens with one attached hydrogen (secondary N) is 1. The lowest BCUT2D eigenvalue weighted by molar-refractivity contribution is 0.199. The second-order valence-corrected chi connectivity index (χ2v) is 8.20. The highest BCUT2D eigenvalue weighted by Gasteiger charge is 2.40. The van der Waals surface area contributed by atoms with Crippen LogP contribution in [0.1, 0.15) is 39.5 Å². The first kappa shape index (κ1) is 13.6. The van der Waals surface area contributed by atoms with Gasteiger partial charge in [-0.15, -0.1) is 11.3 Å². The van der Waals surface area contributed by atoms with Gasteiger partial charge in [-0.05, 0) is 61.7 Å². The minimum atomic E-state index is 0.197. The van der Waals surface area contributed by atoms with Gasteiger partial charge in [0.05, 0.1) is 0 Å². The Morgan fingerprint density at radius 2 is 2.05 bits per heavy atom. The van der Waals surface area contributed by atoms with Gasteiger partial charge < -0.3 is 10.2 Å². The van der Waals surface area contributed by atoms with Crippen LogP contribution in [-0.2, 0) is 0 Å². The molecule has 0 radical (unpaired) electrons. The molecule has 2 fully saturated rings. The van der Waals surface area contributed by atoms with E-state index in [0.717, 1.165) is 6.54 Å². The van der Waals surface area contributed by atoms with E-state index in [-0.39, 0.29) is 5.54 Å². The van der Waals surface area contributed by atoms with Crippen LogP contribution in [0.3, 0.4) is 0 Å². The monoisotopic (exact) mass is 300 g/mol. The second-order valence-electron chi connectivity index (χ2n) is 7.26. The van der Waals surface area contributed by atoms with Gasteiger partial charge in [0.1, 0.15) is 0 Å². The standard InChI is InChI=1S/C18H24N2S/c1-18(2)12-20(16-6-4-3-5-15(16)19-18)14-7-8-17-13(11-14)9-10-21-17/h7-11,15-16,19H,3-6,12H2,1-2H3/t15-,16+/m1/s1. The number of nitrogens with zero attached hydrogens (tertiary/aromatic N) is 1. The van der Waals surface area contributed by atoms with Crippen LogP contribution in [0.25, 0.3) is 10.1 Å². The zero-order chi connectivity index (χ0) is 14.4. The number of thiophene rings is 1. The first-order valence-corrected chi connectivity index (χ1v) is 9.02. The highest BCUT2D eigenvalue weighted by Crippen LogP contribution is 2.35. The molecule has 2 heterocycles. The van der Waals surface area contributed by atoms with Crippen LogP contribution in [0.2, 0.25) is 0 Å². The van der Waals surface area contributed by atoms with Crippen molar-refractivity contribution in [2.24, 2.45) is 0 Å². The number of fused-ring (bicyclic) bond motifs is 2. The van der Waals surface area contributed by atoms with Crippen molar-refractivity contribution in [3.8, 4) is 0 Å². The van der Waals surface area contributed by atoms with Crippen LogP contribution in [0.5, 0.6) is 0 Å². The molecule has 3 heteroatoms. The van der Waals surface area contributed by atoms with Crippen molar-refractivity contribution in [3.63, 3.8) is 0 Å². The molecule has 1 aromatic carbocycles. The largest absolute Gasteiger partial charge is 0.365 e. The quantitative estimate of drug-likeness (QED) is 0.839. The van der Waals surface area contributed by atoms with E-state index in [9.17, 15) is 0 Å². The summed E-state index contributed by atoms with van der Waals surface area (Å²) in [6.07, 6.45) is 5.41. The Balaban J connectivity index is 1.72. The Hall–Kier alpha value is -1.06. The molecule has 0 spiro atoms. The van der Waals surface area contributed by atoms with Gasteiger partial charge in [0.2, 0.25) is 0 Å². The van der Waals surface area contributed by atoms with Crippen molar-refractivity contribution in [1.82, 2.24) is 5.32 Å². The van der Waals surface area contributed by atoms with Crippen molar-refractivity contribution in [2.45, 2.75) is 57.2 Å². The van der Waals surface area contributed by atoms with E-state index in [1.807, 2.05) is 11.3 Å². The van der Waals surface area contributed by atoms with Crippen LogP contribution in [-0.4, -0.2) is 24.2 Å². The van der Waals surface area contributed by atoms with Crippen molar-refractivity contribution < 1.29 is 0 Å². The molecule has 21 heavy (non-hydrogen) atoms. The molecule has 2 aromatic rings. The molecule has 112 valence electrons. The first-order chi connectivity index (χ1) is 10.1. The molecule has 1 saturated carbocycles. The minimum absolute atomic E-state index is 0.197. The van der Waals surface area contributed by atoms with Gasteiger partial charge in [-0.1, -0.05) is 12.8 Å². The van der Waals surface area contributed by atoms with Crippen LogP contribution < -0.4 is 10.2 Å². The van der Waals surface area contributed by atoms with Gasteiger partial charge in [0.25, 0.3) is 0 Å². The maximum Gasteiger partial charge on any atom is 0.0444 e. The van der Waals surface area contributed by atoms with Crippen molar-refractivity contribution >= 4 is 27.1 Å². The first-order valence-electron chi connectivity index (χ1n) is 8.14. The molecular weight excluding hydrogens is 276 g/mol. The third-order valence-electron chi connectivity index (χ3n) is 5.04. The maximum absolute atomic E-state index is 3.89. The summed E-state index contributed by atoms with van der Waals surface area (Å²) in [7, 11) is 0. The molecule has 0 bridgehead atoms. The Kier molecular flexibility index (Phi) is 3.23. The van der Waals surface area contributed by atoms with E-state index >= 15 is 0 Å². The Labute approximate surface area is 131 Å². The van der Waals surface area contributed by atoms with Crippen LogP contribution >= 0.6 is 11.3 Å². The fourth-order valence-corrected chi connectivity index (χ4v) is 4.93. The number of benzene rings is 1. The molecule has 1 aliphatic carbocycles. The maximum atomic E-state index is 3.89. The van der Waals surface area contributed by atoms with Gasteiger partial charge in [-0.2, -0.15) is 0 Å². The molecule has 1 N–H and O–H groups in total. The number of rotatable bonds is 1. The van der Waals surface area contributed by atoms with Gasteiger partial charge in [0.15, 0.2) is 0 Å². The number of hydrogen-bond acceptors (Lipinski definition) is 3. The SMILES string of the molecule is CC1(C)CN(c2ccc3sccc3c2)[C@H]2CCCC[C@H]2N1. The molecule has 2 aliphatic rings. The summed E-state index contributed by atoms with van der Waals surface area (Å²) in [6, 6.07) is 10.6. The Morgan fingerprint density at radius 3 is 2.95 bits per heavy atom. The third-order valence-corrected chi connectivity index (χ3v) is 5.94. The fourth-order valence-electron chi connectivity index (χ4n) is 4.16. The van der Waals surface area contributed by atoms with E-state index in [2.05, 4.69) is 53.7 Å². The zero-order valence-corrected chi connectivity index (χ0v) is 13.7. The molecule has 1 saturated heterocycles. The van der Waals surface area contributed by atoms with Gasteiger partial charge >= 0.3 is 0 Å². The lowest BCUT2D eigenvalue weighted by Crippen LogP contribution is -2.67. The average Bonchev–Trinajstić information content (AvgIpc) is 2.92. The van der Waals surface area contributed by atoms with E-state index in [1.165, 1.54) is 41.5 Å². The van der Waals surface area contributed by atoms with E-state index in [0.29, 0.717) is 12.1 Å². The topological polar surface area (TPSA) is 15.3 Å². The Morgan fingerprint density at radius 1 is 1.19 bits per heavy atom. The molecule has 1 aromatic heterocycles. The Bertz CT molecular complexity index is 645. The zero-order valence-electron chi connectivity index (χ0n) is 12.9. The molecule has 0 unspecified atom stereocenters. The van der Waals surface area contributed by atoms with Gasteiger partial charge in [-0.25, -0.2) is 0 Å². The fraction of sp³-hybridized carbons (Fsp3) is 0.556. The van der Waals surface area contributed by atoms with E-state index in [4.69, 9.17) is 0 Å². The van der Waals surface area contributed by atoms with Crippen molar-refractivity contribution in [1.29, 1.82) is 0 Å². The normalized spacial score (nSPS) is 28.6. The lowest BCUT2D eigenvalue weighted by atomic mass is 9.83. The highest BCUT2D eigenvalue weighted by molar-refractivity contribution is 7.17. The smallest absolute Gasteiger partial charge is 0.0444 e. The average molecular weight is 300 g/mol. The van der Waals surface area contributed by atoms with E-state index in [1.54, 1.807) is 0 Å². The molecular formula is C18H24N2S. The minimum Gasteiger partial charge on any atom is -0.365 e. The van der Waals surface area contributed by atoms with Crippen LogP contribution in [0.4, 0.5) is 5.69 Å². The predicted octanol–water partition coefficient (Wildman–Crippen LogP) is 4.40. The summed E-state index contributed by atoms with van der Waals surface area (Å²) in [6.45, 7) is 5.78. The summed E-state index contributed by atoms with van der Waals surface area (Å²) >= 11 is 1.83. The molecule has 4 rings (SSSR count). The number of hydrogen-bond donors (Lipinski definition) is 1.